The summed E-state index contributed by atoms with van der Waals surface area (Å²) in [6.07, 6.45) is -0.124. The molecular formula is C10H10BrNO4. The summed E-state index contributed by atoms with van der Waals surface area (Å²) in [5, 5.41) is 20.6. The first-order chi connectivity index (χ1) is 7.59. The fourth-order valence-electron chi connectivity index (χ4n) is 1.65. The van der Waals surface area contributed by atoms with Gasteiger partial charge in [-0.25, -0.2) is 0 Å². The van der Waals surface area contributed by atoms with Crippen LogP contribution in [-0.4, -0.2) is 21.5 Å². The molecular weight excluding hydrogens is 278 g/mol. The Morgan fingerprint density at radius 3 is 3.00 bits per heavy atom. The molecule has 1 aromatic carbocycles. The molecule has 1 N–H and O–H groups in total. The lowest BCUT2D eigenvalue weighted by Gasteiger charge is -2.14. The van der Waals surface area contributed by atoms with E-state index in [0.29, 0.717) is 24.3 Å². The van der Waals surface area contributed by atoms with Gasteiger partial charge in [0.15, 0.2) is 0 Å². The minimum atomic E-state index is -0.780. The number of fused-ring (bicyclic) bond motifs is 1. The van der Waals surface area contributed by atoms with Crippen LogP contribution in [0.25, 0.3) is 0 Å². The van der Waals surface area contributed by atoms with Crippen LogP contribution in [0.5, 0.6) is 5.75 Å². The number of non-ortho nitro benzene ring substituents is 1. The third kappa shape index (κ3) is 2.03. The average Bonchev–Trinajstić information content (AvgIpc) is 2.40. The number of alkyl halides is 1. The van der Waals surface area contributed by atoms with Gasteiger partial charge in [0.1, 0.15) is 5.75 Å². The molecule has 2 atom stereocenters. The van der Waals surface area contributed by atoms with Crippen LogP contribution >= 0.6 is 15.9 Å². The molecule has 2 rings (SSSR count). The highest BCUT2D eigenvalue weighted by molar-refractivity contribution is 9.09. The number of nitro groups is 1. The summed E-state index contributed by atoms with van der Waals surface area (Å²) >= 11 is 3.34. The van der Waals surface area contributed by atoms with Crippen LogP contribution in [-0.2, 0) is 0 Å². The van der Waals surface area contributed by atoms with Crippen LogP contribution in [0, 0.1) is 10.1 Å². The highest BCUT2D eigenvalue weighted by atomic mass is 79.9. The highest BCUT2D eigenvalue weighted by Crippen LogP contribution is 2.36. The summed E-state index contributed by atoms with van der Waals surface area (Å²) in [5.41, 5.74) is 0.427. The number of rotatable bonds is 1. The van der Waals surface area contributed by atoms with E-state index in [1.807, 2.05) is 0 Å². The molecule has 0 aromatic heterocycles. The molecule has 0 saturated heterocycles. The number of benzene rings is 1. The number of hydrogen-bond donors (Lipinski definition) is 1. The smallest absolute Gasteiger partial charge is 0.270 e. The molecule has 0 unspecified atom stereocenters. The Balaban J connectivity index is 2.46. The Bertz CT molecular complexity index is 423. The maximum atomic E-state index is 10.6. The molecule has 0 bridgehead atoms. The number of halogens is 1. The van der Waals surface area contributed by atoms with E-state index in [2.05, 4.69) is 15.9 Å². The molecule has 1 aromatic rings. The van der Waals surface area contributed by atoms with Crippen LogP contribution in [0.2, 0.25) is 0 Å². The van der Waals surface area contributed by atoms with E-state index in [4.69, 9.17) is 4.74 Å². The van der Waals surface area contributed by atoms with Gasteiger partial charge in [0.2, 0.25) is 0 Å². The molecule has 16 heavy (non-hydrogen) atoms. The van der Waals surface area contributed by atoms with Crippen molar-refractivity contribution in [1.29, 1.82) is 0 Å². The second kappa shape index (κ2) is 4.39. The van der Waals surface area contributed by atoms with Crippen molar-refractivity contribution in [2.45, 2.75) is 17.4 Å². The summed E-state index contributed by atoms with van der Waals surface area (Å²) in [6, 6.07) is 4.27. The predicted molar refractivity (Wildman–Crippen MR) is 60.9 cm³/mol. The molecule has 0 aliphatic carbocycles. The van der Waals surface area contributed by atoms with Crippen LogP contribution in [0.1, 0.15) is 18.1 Å². The minimum absolute atomic E-state index is 0.0389. The number of nitrogens with zero attached hydrogens (tertiary/aromatic N) is 1. The van der Waals surface area contributed by atoms with Crippen LogP contribution in [0.4, 0.5) is 5.69 Å². The van der Waals surface area contributed by atoms with Crippen LogP contribution < -0.4 is 4.74 Å². The van der Waals surface area contributed by atoms with E-state index >= 15 is 0 Å². The van der Waals surface area contributed by atoms with Gasteiger partial charge in [0, 0.05) is 22.5 Å². The summed E-state index contributed by atoms with van der Waals surface area (Å²) in [7, 11) is 0. The van der Waals surface area contributed by atoms with E-state index in [-0.39, 0.29) is 10.5 Å². The van der Waals surface area contributed by atoms with E-state index in [0.717, 1.165) is 0 Å². The monoisotopic (exact) mass is 287 g/mol. The van der Waals surface area contributed by atoms with Crippen molar-refractivity contribution in [1.82, 2.24) is 0 Å². The fourth-order valence-corrected chi connectivity index (χ4v) is 2.12. The molecule has 0 amide bonds. The number of hydrogen-bond acceptors (Lipinski definition) is 4. The first kappa shape index (κ1) is 11.3. The molecule has 0 saturated carbocycles. The molecule has 5 nitrogen and oxygen atoms in total. The van der Waals surface area contributed by atoms with Crippen molar-refractivity contribution in [2.24, 2.45) is 0 Å². The molecule has 0 spiro atoms. The van der Waals surface area contributed by atoms with Gasteiger partial charge in [-0.15, -0.1) is 0 Å². The van der Waals surface area contributed by atoms with Crippen LogP contribution in [0.15, 0.2) is 18.2 Å². The summed E-state index contributed by atoms with van der Waals surface area (Å²) in [6.45, 7) is 0.484. The zero-order chi connectivity index (χ0) is 11.7. The predicted octanol–water partition coefficient (Wildman–Crippen LogP) is 2.17. The third-order valence-electron chi connectivity index (χ3n) is 2.52. The molecule has 0 fully saturated rings. The van der Waals surface area contributed by atoms with Crippen molar-refractivity contribution < 1.29 is 14.8 Å². The van der Waals surface area contributed by atoms with E-state index in [1.165, 1.54) is 18.2 Å². The standard InChI is InChI=1S/C10H10BrNO4/c11-8-3-4-16-9-2-1-6(12(14)15)5-7(9)10(8)13/h1-2,5,8,10,13H,3-4H2/t8-,10-/m1/s1. The SMILES string of the molecule is O=[N+]([O-])c1ccc2c(c1)[C@@H](O)[C@H](Br)CCO2. The zero-order valence-corrected chi connectivity index (χ0v) is 9.88. The third-order valence-corrected chi connectivity index (χ3v) is 3.48. The fraction of sp³-hybridized carbons (Fsp3) is 0.400. The molecule has 6 heteroatoms. The zero-order valence-electron chi connectivity index (χ0n) is 8.30. The topological polar surface area (TPSA) is 72.6 Å². The number of aliphatic hydroxyl groups excluding tert-OH is 1. The quantitative estimate of drug-likeness (QED) is 0.488. The number of aliphatic hydroxyl groups is 1. The Kier molecular flexibility index (Phi) is 3.11. The van der Waals surface area contributed by atoms with Crippen LogP contribution in [0.3, 0.4) is 0 Å². The summed E-state index contributed by atoms with van der Waals surface area (Å²) in [5.74, 6) is 0.514. The van der Waals surface area contributed by atoms with Gasteiger partial charge < -0.3 is 9.84 Å². The van der Waals surface area contributed by atoms with E-state index in [1.54, 1.807) is 0 Å². The molecule has 86 valence electrons. The Hall–Kier alpha value is -1.14. The van der Waals surface area contributed by atoms with E-state index in [9.17, 15) is 15.2 Å². The van der Waals surface area contributed by atoms with Gasteiger partial charge in [0.05, 0.1) is 17.6 Å². The van der Waals surface area contributed by atoms with Gasteiger partial charge in [-0.2, -0.15) is 0 Å². The molecule has 1 aliphatic rings. The average molecular weight is 288 g/mol. The molecule has 0 radical (unpaired) electrons. The lowest BCUT2D eigenvalue weighted by Crippen LogP contribution is -2.11. The normalized spacial score (nSPS) is 24.1. The van der Waals surface area contributed by atoms with Gasteiger partial charge >= 0.3 is 0 Å². The second-order valence-corrected chi connectivity index (χ2v) is 4.75. The number of nitro benzene ring substituents is 1. The van der Waals surface area contributed by atoms with Crippen molar-refractivity contribution >= 4 is 21.6 Å². The highest BCUT2D eigenvalue weighted by Gasteiger charge is 2.26. The minimum Gasteiger partial charge on any atom is -0.493 e. The second-order valence-electron chi connectivity index (χ2n) is 3.58. The molecule has 1 heterocycles. The summed E-state index contributed by atoms with van der Waals surface area (Å²) in [4.78, 5) is 10.0. The van der Waals surface area contributed by atoms with Gasteiger partial charge in [-0.1, -0.05) is 15.9 Å². The lowest BCUT2D eigenvalue weighted by molar-refractivity contribution is -0.385. The van der Waals surface area contributed by atoms with Gasteiger partial charge in [-0.3, -0.25) is 10.1 Å². The van der Waals surface area contributed by atoms with Gasteiger partial charge in [0.25, 0.3) is 5.69 Å². The van der Waals surface area contributed by atoms with Crippen molar-refractivity contribution in [2.75, 3.05) is 6.61 Å². The Morgan fingerprint density at radius 2 is 2.31 bits per heavy atom. The Morgan fingerprint density at radius 1 is 1.56 bits per heavy atom. The molecule has 1 aliphatic heterocycles. The number of ether oxygens (including phenoxy) is 1. The first-order valence-corrected chi connectivity index (χ1v) is 5.74. The first-order valence-electron chi connectivity index (χ1n) is 4.83. The van der Waals surface area contributed by atoms with Crippen molar-refractivity contribution in [3.8, 4) is 5.75 Å². The summed E-state index contributed by atoms with van der Waals surface area (Å²) < 4.78 is 5.41. The van der Waals surface area contributed by atoms with Gasteiger partial charge in [-0.05, 0) is 12.5 Å². The lowest BCUT2D eigenvalue weighted by atomic mass is 10.0. The Labute approximate surface area is 100 Å². The maximum Gasteiger partial charge on any atom is 0.270 e. The van der Waals surface area contributed by atoms with E-state index < -0.39 is 11.0 Å². The van der Waals surface area contributed by atoms with Crippen molar-refractivity contribution in [3.05, 3.63) is 33.9 Å². The largest absolute Gasteiger partial charge is 0.493 e. The van der Waals surface area contributed by atoms with Crippen molar-refractivity contribution in [3.63, 3.8) is 0 Å². The maximum absolute atomic E-state index is 10.6.